The Morgan fingerprint density at radius 3 is 2.20 bits per heavy atom. The molecule has 0 radical (unpaired) electrons. The normalized spacial score (nSPS) is 17.7. The standard InChI is InChI=1S/C2HN3O4S/c6-1-2(4-5-3-1)10(7,8)9/h(H,7,8,9). The van der Waals surface area contributed by atoms with Crippen molar-refractivity contribution >= 4 is 21.1 Å². The Balaban J connectivity index is 3.12. The third kappa shape index (κ3) is 1.06. The maximum absolute atomic E-state index is 10.3. The van der Waals surface area contributed by atoms with Crippen molar-refractivity contribution in [3.05, 3.63) is 0 Å². The number of hydrogen-bond donors (Lipinski definition) is 1. The molecule has 8 heteroatoms. The lowest BCUT2D eigenvalue weighted by molar-refractivity contribution is -0.111. The highest BCUT2D eigenvalue weighted by Gasteiger charge is 2.28. The van der Waals surface area contributed by atoms with Crippen molar-refractivity contribution in [2.24, 2.45) is 15.4 Å². The van der Waals surface area contributed by atoms with Gasteiger partial charge >= 0.3 is 16.0 Å². The smallest absolute Gasteiger partial charge is 0.280 e. The first-order valence-electron chi connectivity index (χ1n) is 2.02. The highest BCUT2D eigenvalue weighted by Crippen LogP contribution is 2.01. The van der Waals surface area contributed by atoms with Gasteiger partial charge < -0.3 is 0 Å². The molecule has 0 aromatic rings. The van der Waals surface area contributed by atoms with Gasteiger partial charge in [-0.15, -0.1) is 5.10 Å². The van der Waals surface area contributed by atoms with Gasteiger partial charge in [0, 0.05) is 0 Å². The lowest BCUT2D eigenvalue weighted by Gasteiger charge is -1.85. The highest BCUT2D eigenvalue weighted by molar-refractivity contribution is 8.03. The second kappa shape index (κ2) is 1.92. The Morgan fingerprint density at radius 1 is 1.40 bits per heavy atom. The molecular weight excluding hydrogens is 162 g/mol. The average molecular weight is 163 g/mol. The van der Waals surface area contributed by atoms with Gasteiger partial charge in [-0.25, -0.2) is 0 Å². The predicted molar refractivity (Wildman–Crippen MR) is 28.8 cm³/mol. The van der Waals surface area contributed by atoms with Crippen LogP contribution in [0.2, 0.25) is 0 Å². The highest BCUT2D eigenvalue weighted by atomic mass is 32.2. The van der Waals surface area contributed by atoms with Crippen molar-refractivity contribution in [2.45, 2.75) is 0 Å². The third-order valence-corrected chi connectivity index (χ3v) is 1.44. The van der Waals surface area contributed by atoms with Crippen LogP contribution >= 0.6 is 0 Å². The summed E-state index contributed by atoms with van der Waals surface area (Å²) < 4.78 is 28.4. The molecule has 0 saturated carbocycles. The molecule has 1 aliphatic heterocycles. The zero-order valence-corrected chi connectivity index (χ0v) is 5.24. The van der Waals surface area contributed by atoms with Crippen LogP contribution in [-0.4, -0.2) is 23.9 Å². The van der Waals surface area contributed by atoms with Crippen LogP contribution in [0.1, 0.15) is 0 Å². The first-order chi connectivity index (χ1) is 4.52. The quantitative estimate of drug-likeness (QED) is 0.470. The monoisotopic (exact) mass is 163 g/mol. The van der Waals surface area contributed by atoms with Crippen LogP contribution < -0.4 is 0 Å². The van der Waals surface area contributed by atoms with Gasteiger partial charge in [-0.3, -0.25) is 9.35 Å². The van der Waals surface area contributed by atoms with Crippen molar-refractivity contribution in [1.82, 2.24) is 0 Å². The molecule has 7 nitrogen and oxygen atoms in total. The van der Waals surface area contributed by atoms with Crippen LogP contribution in [0.5, 0.6) is 0 Å². The molecule has 0 saturated heterocycles. The summed E-state index contributed by atoms with van der Waals surface area (Å²) in [5.74, 6) is -1.15. The van der Waals surface area contributed by atoms with Gasteiger partial charge in [-0.1, -0.05) is 5.11 Å². The van der Waals surface area contributed by atoms with Crippen LogP contribution in [0.25, 0.3) is 0 Å². The summed E-state index contributed by atoms with van der Waals surface area (Å²) in [5.41, 5.74) is 0. The van der Waals surface area contributed by atoms with E-state index in [4.69, 9.17) is 4.55 Å². The summed E-state index contributed by atoms with van der Waals surface area (Å²) in [6, 6.07) is 0. The van der Waals surface area contributed by atoms with E-state index in [9.17, 15) is 13.2 Å². The van der Waals surface area contributed by atoms with Crippen molar-refractivity contribution in [1.29, 1.82) is 0 Å². The molecule has 1 heterocycles. The molecule has 1 aliphatic rings. The molecule has 0 bridgehead atoms. The first-order valence-corrected chi connectivity index (χ1v) is 3.46. The minimum atomic E-state index is -4.54. The Hall–Kier alpha value is -1.15. The average Bonchev–Trinajstić information content (AvgIpc) is 2.11. The van der Waals surface area contributed by atoms with E-state index in [1.807, 2.05) is 0 Å². The van der Waals surface area contributed by atoms with E-state index in [0.29, 0.717) is 0 Å². The Bertz CT molecular complexity index is 324. The van der Waals surface area contributed by atoms with Gasteiger partial charge in [0.2, 0.25) is 0 Å². The summed E-state index contributed by atoms with van der Waals surface area (Å²) in [4.78, 5) is 10.3. The molecule has 10 heavy (non-hydrogen) atoms. The summed E-state index contributed by atoms with van der Waals surface area (Å²) in [6.07, 6.45) is 0. The number of carbonyl (C=O) groups excluding carboxylic acids is 1. The molecule has 1 N–H and O–H groups in total. The van der Waals surface area contributed by atoms with Crippen LogP contribution in [-0.2, 0) is 14.9 Å². The second-order valence-electron chi connectivity index (χ2n) is 1.37. The van der Waals surface area contributed by atoms with E-state index in [0.717, 1.165) is 0 Å². The van der Waals surface area contributed by atoms with Crippen molar-refractivity contribution in [2.75, 3.05) is 0 Å². The lowest BCUT2D eigenvalue weighted by atomic mass is 10.7. The number of hydrogen-bond acceptors (Lipinski definition) is 5. The maximum Gasteiger partial charge on any atom is 0.331 e. The van der Waals surface area contributed by atoms with Gasteiger partial charge in [0.25, 0.3) is 5.04 Å². The zero-order chi connectivity index (χ0) is 7.78. The van der Waals surface area contributed by atoms with Gasteiger partial charge in [0.05, 0.1) is 0 Å². The Labute approximate surface area is 55.2 Å². The van der Waals surface area contributed by atoms with E-state index in [-0.39, 0.29) is 0 Å². The van der Waals surface area contributed by atoms with Crippen LogP contribution in [0.4, 0.5) is 0 Å². The molecular formula is C2HN3O4S. The number of nitrogens with zero attached hydrogens (tertiary/aromatic N) is 3. The number of amides is 1. The molecule has 0 fully saturated rings. The van der Waals surface area contributed by atoms with Crippen LogP contribution in [0.3, 0.4) is 0 Å². The number of carbonyl (C=O) groups is 1. The van der Waals surface area contributed by atoms with E-state index in [1.54, 1.807) is 0 Å². The third-order valence-electron chi connectivity index (χ3n) is 0.698. The molecule has 1 rings (SSSR count). The zero-order valence-electron chi connectivity index (χ0n) is 4.42. The molecule has 0 aromatic carbocycles. The fourth-order valence-corrected chi connectivity index (χ4v) is 0.752. The van der Waals surface area contributed by atoms with Gasteiger partial charge in [-0.2, -0.15) is 8.42 Å². The van der Waals surface area contributed by atoms with Gasteiger partial charge in [-0.05, 0) is 5.22 Å². The minimum Gasteiger partial charge on any atom is -0.280 e. The minimum absolute atomic E-state index is 1.03. The first kappa shape index (κ1) is 6.96. The fourth-order valence-electron chi connectivity index (χ4n) is 0.351. The SMILES string of the molecule is O=C1N=NN=C1S(=O)(=O)O. The largest absolute Gasteiger partial charge is 0.331 e. The van der Waals surface area contributed by atoms with Crippen molar-refractivity contribution in [3.63, 3.8) is 0 Å². The van der Waals surface area contributed by atoms with E-state index in [2.05, 4.69) is 15.4 Å². The maximum atomic E-state index is 10.3. The molecule has 0 unspecified atom stereocenters. The van der Waals surface area contributed by atoms with Crippen molar-refractivity contribution < 1.29 is 17.8 Å². The molecule has 54 valence electrons. The summed E-state index contributed by atoms with van der Waals surface area (Å²) in [7, 11) is -4.54. The van der Waals surface area contributed by atoms with Crippen molar-refractivity contribution in [3.8, 4) is 0 Å². The predicted octanol–water partition coefficient (Wildman–Crippen LogP) is -0.820. The van der Waals surface area contributed by atoms with Gasteiger partial charge in [0.1, 0.15) is 0 Å². The Kier molecular flexibility index (Phi) is 1.34. The van der Waals surface area contributed by atoms with Crippen LogP contribution in [0, 0.1) is 0 Å². The van der Waals surface area contributed by atoms with Gasteiger partial charge in [0.15, 0.2) is 0 Å². The summed E-state index contributed by atoms with van der Waals surface area (Å²) in [5, 5.41) is 7.20. The van der Waals surface area contributed by atoms with E-state index in [1.165, 1.54) is 0 Å². The summed E-state index contributed by atoms with van der Waals surface area (Å²) >= 11 is 0. The lowest BCUT2D eigenvalue weighted by Crippen LogP contribution is -2.19. The topological polar surface area (TPSA) is 109 Å². The molecule has 0 aliphatic carbocycles. The molecule has 0 aromatic heterocycles. The molecule has 0 spiro atoms. The second-order valence-corrected chi connectivity index (χ2v) is 2.71. The summed E-state index contributed by atoms with van der Waals surface area (Å²) in [6.45, 7) is 0. The van der Waals surface area contributed by atoms with Crippen LogP contribution in [0.15, 0.2) is 15.4 Å². The fraction of sp³-hybridized carbons (Fsp3) is 0. The van der Waals surface area contributed by atoms with E-state index < -0.39 is 21.1 Å². The molecule has 0 atom stereocenters. The van der Waals surface area contributed by atoms with E-state index >= 15 is 0 Å². The Morgan fingerprint density at radius 2 is 2.00 bits per heavy atom. The number of rotatable bonds is 0. The molecule has 1 amide bonds.